The van der Waals surface area contributed by atoms with E-state index in [2.05, 4.69) is 15.2 Å². The predicted octanol–water partition coefficient (Wildman–Crippen LogP) is 2.29. The average Bonchev–Trinajstić information content (AvgIpc) is 2.76. The van der Waals surface area contributed by atoms with Crippen molar-refractivity contribution in [1.82, 2.24) is 19.6 Å². The Bertz CT molecular complexity index is 710. The van der Waals surface area contributed by atoms with Crippen molar-refractivity contribution in [3.8, 4) is 5.75 Å². The van der Waals surface area contributed by atoms with E-state index in [1.165, 1.54) is 11.8 Å². The van der Waals surface area contributed by atoms with Crippen LogP contribution in [0.4, 0.5) is 0 Å². The number of para-hydroxylation sites is 1. The minimum Gasteiger partial charge on any atom is -0.507 e. The lowest BCUT2D eigenvalue weighted by atomic mass is 10.3. The van der Waals surface area contributed by atoms with Gasteiger partial charge >= 0.3 is 0 Å². The number of aryl methyl sites for hydroxylation is 1. The molecular weight excluding hydrogens is 248 g/mol. The lowest BCUT2D eigenvalue weighted by Gasteiger charge is -2.04. The minimum atomic E-state index is 0.238. The summed E-state index contributed by atoms with van der Waals surface area (Å²) in [7, 11) is 0. The van der Waals surface area contributed by atoms with E-state index < -0.39 is 0 Å². The molecule has 2 aromatic heterocycles. The third-order valence-electron chi connectivity index (χ3n) is 2.54. The highest BCUT2D eigenvalue weighted by molar-refractivity contribution is 7.99. The van der Waals surface area contributed by atoms with Gasteiger partial charge in [-0.05, 0) is 19.1 Å². The lowest BCUT2D eigenvalue weighted by Crippen LogP contribution is -1.91. The van der Waals surface area contributed by atoms with Crippen LogP contribution < -0.4 is 0 Å². The summed E-state index contributed by atoms with van der Waals surface area (Å²) < 4.78 is 1.87. The maximum atomic E-state index is 9.76. The summed E-state index contributed by atoms with van der Waals surface area (Å²) in [5.41, 5.74) is 0.697. The fourth-order valence-corrected chi connectivity index (χ4v) is 2.51. The molecule has 1 aromatic carbocycles. The molecule has 0 amide bonds. The fraction of sp³-hybridized carbons (Fsp3) is 0.0833. The standard InChI is InChI=1S/C12H10N4OS/c1-8-14-15-11-12(13-6-7-16(8)11)18-10-5-3-2-4-9(10)17/h2-7,17H,1H3. The van der Waals surface area contributed by atoms with Crippen molar-refractivity contribution in [3.05, 3.63) is 42.5 Å². The van der Waals surface area contributed by atoms with Crippen LogP contribution in [0.2, 0.25) is 0 Å². The highest BCUT2D eigenvalue weighted by atomic mass is 32.2. The van der Waals surface area contributed by atoms with Gasteiger partial charge < -0.3 is 5.11 Å². The van der Waals surface area contributed by atoms with Crippen LogP contribution in [0, 0.1) is 6.92 Å². The Kier molecular flexibility index (Phi) is 2.64. The van der Waals surface area contributed by atoms with E-state index in [9.17, 15) is 5.11 Å². The van der Waals surface area contributed by atoms with Gasteiger partial charge in [-0.3, -0.25) is 4.40 Å². The van der Waals surface area contributed by atoms with Gasteiger partial charge in [-0.25, -0.2) is 4.98 Å². The molecule has 6 heteroatoms. The van der Waals surface area contributed by atoms with Crippen molar-refractivity contribution in [1.29, 1.82) is 0 Å². The van der Waals surface area contributed by atoms with Crippen LogP contribution >= 0.6 is 11.8 Å². The third kappa shape index (κ3) is 1.80. The van der Waals surface area contributed by atoms with E-state index in [0.717, 1.165) is 15.7 Å². The highest BCUT2D eigenvalue weighted by Gasteiger charge is 2.10. The first-order valence-electron chi connectivity index (χ1n) is 5.38. The summed E-state index contributed by atoms with van der Waals surface area (Å²) in [6, 6.07) is 7.15. The van der Waals surface area contributed by atoms with Crippen molar-refractivity contribution in [3.63, 3.8) is 0 Å². The van der Waals surface area contributed by atoms with E-state index in [1.807, 2.05) is 29.7 Å². The van der Waals surface area contributed by atoms with Crippen LogP contribution in [0.1, 0.15) is 5.82 Å². The monoisotopic (exact) mass is 258 g/mol. The maximum Gasteiger partial charge on any atom is 0.193 e. The van der Waals surface area contributed by atoms with E-state index >= 15 is 0 Å². The summed E-state index contributed by atoms with van der Waals surface area (Å²) in [6.07, 6.45) is 3.52. The lowest BCUT2D eigenvalue weighted by molar-refractivity contribution is 0.462. The number of nitrogens with zero attached hydrogens (tertiary/aromatic N) is 4. The number of benzene rings is 1. The molecule has 0 spiro atoms. The van der Waals surface area contributed by atoms with Gasteiger partial charge in [0.15, 0.2) is 5.65 Å². The second-order valence-corrected chi connectivity index (χ2v) is 4.77. The number of aromatic nitrogens is 4. The van der Waals surface area contributed by atoms with Gasteiger partial charge in [0.25, 0.3) is 0 Å². The van der Waals surface area contributed by atoms with Crippen LogP contribution in [0.15, 0.2) is 46.6 Å². The first-order chi connectivity index (χ1) is 8.75. The summed E-state index contributed by atoms with van der Waals surface area (Å²) in [4.78, 5) is 5.03. The molecule has 0 atom stereocenters. The molecule has 90 valence electrons. The molecule has 3 rings (SSSR count). The zero-order valence-electron chi connectivity index (χ0n) is 9.61. The third-order valence-corrected chi connectivity index (χ3v) is 3.58. The van der Waals surface area contributed by atoms with Crippen LogP contribution in [0.25, 0.3) is 5.65 Å². The number of phenolic OH excluding ortho intramolecular Hbond substituents is 1. The van der Waals surface area contributed by atoms with Crippen LogP contribution in [0.5, 0.6) is 5.75 Å². The van der Waals surface area contributed by atoms with Crippen molar-refractivity contribution < 1.29 is 5.11 Å². The molecule has 2 heterocycles. The number of fused-ring (bicyclic) bond motifs is 1. The Morgan fingerprint density at radius 3 is 2.89 bits per heavy atom. The van der Waals surface area contributed by atoms with Crippen molar-refractivity contribution >= 4 is 17.4 Å². The van der Waals surface area contributed by atoms with Crippen molar-refractivity contribution in [2.45, 2.75) is 16.8 Å². The van der Waals surface area contributed by atoms with Gasteiger partial charge in [0.1, 0.15) is 16.6 Å². The van der Waals surface area contributed by atoms with Gasteiger partial charge in [-0.1, -0.05) is 23.9 Å². The zero-order chi connectivity index (χ0) is 12.5. The second-order valence-electron chi connectivity index (χ2n) is 3.74. The molecule has 0 aliphatic heterocycles. The second kappa shape index (κ2) is 4.30. The SMILES string of the molecule is Cc1nnc2c(Sc3ccccc3O)nccn12. The molecule has 0 unspecified atom stereocenters. The largest absolute Gasteiger partial charge is 0.507 e. The summed E-state index contributed by atoms with van der Waals surface area (Å²) in [5.74, 6) is 1.05. The Hall–Kier alpha value is -2.08. The number of hydrogen-bond donors (Lipinski definition) is 1. The van der Waals surface area contributed by atoms with E-state index in [1.54, 1.807) is 18.3 Å². The van der Waals surface area contributed by atoms with Gasteiger partial charge in [0.2, 0.25) is 0 Å². The molecule has 0 saturated carbocycles. The Morgan fingerprint density at radius 2 is 2.06 bits per heavy atom. The first kappa shape index (κ1) is 11.0. The number of hydrogen-bond acceptors (Lipinski definition) is 5. The number of aromatic hydroxyl groups is 1. The van der Waals surface area contributed by atoms with E-state index in [4.69, 9.17) is 0 Å². The van der Waals surface area contributed by atoms with Gasteiger partial charge in [0, 0.05) is 12.4 Å². The molecule has 3 aromatic rings. The Labute approximate surface area is 108 Å². The Morgan fingerprint density at radius 1 is 1.22 bits per heavy atom. The van der Waals surface area contributed by atoms with Crippen molar-refractivity contribution in [2.24, 2.45) is 0 Å². The van der Waals surface area contributed by atoms with Gasteiger partial charge in [-0.15, -0.1) is 10.2 Å². The molecule has 1 N–H and O–H groups in total. The fourth-order valence-electron chi connectivity index (χ4n) is 1.64. The zero-order valence-corrected chi connectivity index (χ0v) is 10.4. The van der Waals surface area contributed by atoms with Gasteiger partial charge in [-0.2, -0.15) is 0 Å². The molecule has 0 radical (unpaired) electrons. The van der Waals surface area contributed by atoms with Gasteiger partial charge in [0.05, 0.1) is 4.90 Å². The maximum absolute atomic E-state index is 9.76. The topological polar surface area (TPSA) is 63.3 Å². The number of phenols is 1. The first-order valence-corrected chi connectivity index (χ1v) is 6.19. The molecule has 0 saturated heterocycles. The molecule has 5 nitrogen and oxygen atoms in total. The van der Waals surface area contributed by atoms with E-state index in [-0.39, 0.29) is 5.75 Å². The average molecular weight is 258 g/mol. The molecule has 0 bridgehead atoms. The minimum absolute atomic E-state index is 0.238. The van der Waals surface area contributed by atoms with Crippen LogP contribution in [-0.2, 0) is 0 Å². The number of rotatable bonds is 2. The van der Waals surface area contributed by atoms with E-state index in [0.29, 0.717) is 5.65 Å². The molecule has 0 aliphatic rings. The Balaban J connectivity index is 2.08. The summed E-state index contributed by atoms with van der Waals surface area (Å²) in [6.45, 7) is 1.88. The van der Waals surface area contributed by atoms with Crippen LogP contribution in [0.3, 0.4) is 0 Å². The molecule has 0 fully saturated rings. The van der Waals surface area contributed by atoms with Crippen LogP contribution in [-0.4, -0.2) is 24.7 Å². The summed E-state index contributed by atoms with van der Waals surface area (Å²) >= 11 is 1.37. The molecule has 18 heavy (non-hydrogen) atoms. The highest BCUT2D eigenvalue weighted by Crippen LogP contribution is 2.34. The van der Waals surface area contributed by atoms with Crippen molar-refractivity contribution in [2.75, 3.05) is 0 Å². The molecular formula is C12H10N4OS. The summed E-state index contributed by atoms with van der Waals surface area (Å²) in [5, 5.41) is 18.6. The molecule has 0 aliphatic carbocycles. The normalized spacial score (nSPS) is 10.9. The quantitative estimate of drug-likeness (QED) is 0.764. The predicted molar refractivity (Wildman–Crippen MR) is 67.7 cm³/mol. The smallest absolute Gasteiger partial charge is 0.193 e.